The number of carbonyl (C=O) groups is 1. The van der Waals surface area contributed by atoms with Gasteiger partial charge in [0.2, 0.25) is 3.79 Å². The molecule has 1 atom stereocenters. The number of carbonyl (C=O) groups excluding carboxylic acids is 1. The van der Waals surface area contributed by atoms with E-state index in [-0.39, 0.29) is 6.54 Å². The third-order valence-electron chi connectivity index (χ3n) is 2.31. The molecule has 0 aromatic carbocycles. The lowest BCUT2D eigenvalue weighted by Crippen LogP contribution is -2.55. The van der Waals surface area contributed by atoms with Gasteiger partial charge in [-0.05, 0) is 6.04 Å². The molecule has 1 aliphatic heterocycles. The van der Waals surface area contributed by atoms with E-state index in [2.05, 4.69) is 28.6 Å². The van der Waals surface area contributed by atoms with Crippen molar-refractivity contribution in [3.63, 3.8) is 0 Å². The first-order valence-electron chi connectivity index (χ1n) is 6.00. The monoisotopic (exact) mass is 398 g/mol. The Hall–Kier alpha value is 0.227. The van der Waals surface area contributed by atoms with Gasteiger partial charge in [0.1, 0.15) is 6.61 Å². The highest BCUT2D eigenvalue weighted by molar-refractivity contribution is 7.84. The maximum Gasteiger partial charge on any atom is 0.435 e. The van der Waals surface area contributed by atoms with Gasteiger partial charge in [0.25, 0.3) is 0 Å². The van der Waals surface area contributed by atoms with E-state index in [9.17, 15) is 13.2 Å². The molecule has 21 heavy (non-hydrogen) atoms. The predicted octanol–water partition coefficient (Wildman–Crippen LogP) is 2.28. The molecule has 0 spiro atoms. The standard InChI is InChI=1S/C9H17Cl3N2O5SSi/c1-21(2,3)5-7-4-14(19-20(16,17)13-7)8(15)18-6-9(10,11)12/h7,13H,4-6H2,1-3H3. The fourth-order valence-corrected chi connectivity index (χ4v) is 4.77. The van der Waals surface area contributed by atoms with Gasteiger partial charge in [0, 0.05) is 14.1 Å². The largest absolute Gasteiger partial charge is 0.443 e. The number of alkyl halides is 3. The normalized spacial score (nSPS) is 23.0. The SMILES string of the molecule is C[Si](C)(C)CC1CN(C(=O)OCC(Cl)(Cl)Cl)OS(=O)(=O)N1. The van der Waals surface area contributed by atoms with Crippen LogP contribution in [0.25, 0.3) is 0 Å². The molecule has 1 N–H and O–H groups in total. The number of nitrogens with one attached hydrogen (secondary N) is 1. The Morgan fingerprint density at radius 1 is 1.43 bits per heavy atom. The minimum atomic E-state index is -4.05. The van der Waals surface area contributed by atoms with Crippen molar-refractivity contribution in [1.29, 1.82) is 0 Å². The number of hydrogen-bond acceptors (Lipinski definition) is 5. The molecule has 124 valence electrons. The Kier molecular flexibility index (Phi) is 6.22. The van der Waals surface area contributed by atoms with Crippen molar-refractivity contribution in [1.82, 2.24) is 9.79 Å². The van der Waals surface area contributed by atoms with Crippen molar-refractivity contribution in [3.05, 3.63) is 0 Å². The first kappa shape index (κ1) is 19.3. The van der Waals surface area contributed by atoms with E-state index < -0.39 is 40.9 Å². The van der Waals surface area contributed by atoms with Crippen LogP contribution in [0.1, 0.15) is 0 Å². The molecule has 1 heterocycles. The van der Waals surface area contributed by atoms with Gasteiger partial charge in [-0.2, -0.15) is 18.2 Å². The van der Waals surface area contributed by atoms with Crippen LogP contribution in [0.5, 0.6) is 0 Å². The minimum absolute atomic E-state index is 0.0300. The third-order valence-corrected chi connectivity index (χ3v) is 5.35. The summed E-state index contributed by atoms with van der Waals surface area (Å²) in [7, 11) is -5.60. The molecule has 7 nitrogen and oxygen atoms in total. The number of ether oxygens (including phenoxy) is 1. The fourth-order valence-electron chi connectivity index (χ4n) is 1.78. The van der Waals surface area contributed by atoms with Crippen LogP contribution in [0.3, 0.4) is 0 Å². The second-order valence-corrected chi connectivity index (χ2v) is 15.2. The summed E-state index contributed by atoms with van der Waals surface area (Å²) in [5.41, 5.74) is 0. The van der Waals surface area contributed by atoms with Crippen LogP contribution < -0.4 is 4.72 Å². The van der Waals surface area contributed by atoms with Crippen LogP contribution in [0.2, 0.25) is 25.7 Å². The number of hydroxylamine groups is 2. The first-order chi connectivity index (χ1) is 9.27. The highest BCUT2D eigenvalue weighted by Crippen LogP contribution is 2.26. The van der Waals surface area contributed by atoms with E-state index in [0.29, 0.717) is 11.1 Å². The molecule has 0 saturated carbocycles. The summed E-state index contributed by atoms with van der Waals surface area (Å²) in [6.45, 7) is 5.78. The highest BCUT2D eigenvalue weighted by Gasteiger charge is 2.37. The summed E-state index contributed by atoms with van der Waals surface area (Å²) in [5.74, 6) is 0. The van der Waals surface area contributed by atoms with Crippen molar-refractivity contribution in [2.24, 2.45) is 0 Å². The Bertz CT molecular complexity index is 491. The average molecular weight is 400 g/mol. The third kappa shape index (κ3) is 7.87. The van der Waals surface area contributed by atoms with Gasteiger partial charge in [-0.3, -0.25) is 0 Å². The molecule has 0 aromatic heterocycles. The summed E-state index contributed by atoms with van der Waals surface area (Å²) < 4.78 is 33.1. The summed E-state index contributed by atoms with van der Waals surface area (Å²) >= 11 is 16.4. The molecule has 1 rings (SSSR count). The summed E-state index contributed by atoms with van der Waals surface area (Å²) in [6, 6.07) is 0.208. The number of nitrogens with zero attached hydrogens (tertiary/aromatic N) is 1. The van der Waals surface area contributed by atoms with Crippen LogP contribution in [0.4, 0.5) is 4.79 Å². The molecule has 12 heteroatoms. The lowest BCUT2D eigenvalue weighted by atomic mass is 10.3. The minimum Gasteiger partial charge on any atom is -0.443 e. The molecular weight excluding hydrogens is 383 g/mol. The van der Waals surface area contributed by atoms with Crippen molar-refractivity contribution < 1.29 is 22.2 Å². The topological polar surface area (TPSA) is 84.9 Å². The fraction of sp³-hybridized carbons (Fsp3) is 0.889. The quantitative estimate of drug-likeness (QED) is 0.581. The molecule has 0 aromatic rings. The van der Waals surface area contributed by atoms with Crippen LogP contribution in [-0.4, -0.2) is 50.6 Å². The summed E-state index contributed by atoms with van der Waals surface area (Å²) in [6.07, 6.45) is -1.02. The molecular formula is C9H17Cl3N2O5SSi. The zero-order valence-electron chi connectivity index (χ0n) is 11.7. The van der Waals surface area contributed by atoms with Gasteiger partial charge in [-0.25, -0.2) is 4.79 Å². The maximum absolute atomic E-state index is 11.8. The molecule has 1 aliphatic rings. The molecule has 1 amide bonds. The van der Waals surface area contributed by atoms with Gasteiger partial charge in [-0.1, -0.05) is 54.4 Å². The number of rotatable bonds is 3. The lowest BCUT2D eigenvalue weighted by Gasteiger charge is -2.33. The van der Waals surface area contributed by atoms with Crippen molar-refractivity contribution in [3.8, 4) is 0 Å². The predicted molar refractivity (Wildman–Crippen MR) is 83.4 cm³/mol. The van der Waals surface area contributed by atoms with Crippen LogP contribution >= 0.6 is 34.8 Å². The summed E-state index contributed by atoms with van der Waals surface area (Å²) in [4.78, 5) is 11.8. The van der Waals surface area contributed by atoms with Gasteiger partial charge < -0.3 is 4.74 Å². The van der Waals surface area contributed by atoms with E-state index in [0.717, 1.165) is 0 Å². The Labute approximate surface area is 140 Å². The van der Waals surface area contributed by atoms with Crippen LogP contribution in [0.15, 0.2) is 0 Å². The van der Waals surface area contributed by atoms with E-state index in [1.807, 2.05) is 0 Å². The van der Waals surface area contributed by atoms with Gasteiger partial charge in [-0.15, -0.1) is 4.28 Å². The molecule has 1 unspecified atom stereocenters. The van der Waals surface area contributed by atoms with Crippen molar-refractivity contribution in [2.45, 2.75) is 35.5 Å². The number of amides is 1. The molecule has 0 bridgehead atoms. The maximum atomic E-state index is 11.8. The highest BCUT2D eigenvalue weighted by atomic mass is 35.6. The van der Waals surface area contributed by atoms with E-state index >= 15 is 0 Å². The lowest BCUT2D eigenvalue weighted by molar-refractivity contribution is -0.0580. The molecule has 1 fully saturated rings. The second-order valence-electron chi connectivity index (χ2n) is 5.84. The van der Waals surface area contributed by atoms with Crippen molar-refractivity contribution >= 4 is 59.3 Å². The molecule has 0 radical (unpaired) electrons. The van der Waals surface area contributed by atoms with Gasteiger partial charge >= 0.3 is 16.4 Å². The Morgan fingerprint density at radius 2 is 2.00 bits per heavy atom. The number of hydrogen-bond donors (Lipinski definition) is 1. The molecule has 0 aliphatic carbocycles. The van der Waals surface area contributed by atoms with Gasteiger partial charge in [0.05, 0.1) is 6.54 Å². The first-order valence-corrected chi connectivity index (χ1v) is 12.3. The van der Waals surface area contributed by atoms with E-state index in [1.54, 1.807) is 0 Å². The number of halogens is 3. The zero-order chi connectivity index (χ0) is 16.5. The smallest absolute Gasteiger partial charge is 0.435 e. The van der Waals surface area contributed by atoms with Crippen LogP contribution in [0, 0.1) is 0 Å². The second kappa shape index (κ2) is 6.77. The Balaban J connectivity index is 2.71. The van der Waals surface area contributed by atoms with Gasteiger partial charge in [0.15, 0.2) is 0 Å². The van der Waals surface area contributed by atoms with E-state index in [4.69, 9.17) is 39.5 Å². The summed E-state index contributed by atoms with van der Waals surface area (Å²) in [5, 5.41) is 0.618. The zero-order valence-corrected chi connectivity index (χ0v) is 15.8. The molecule has 1 saturated heterocycles. The van der Waals surface area contributed by atoms with Crippen molar-refractivity contribution in [2.75, 3.05) is 13.2 Å². The Morgan fingerprint density at radius 3 is 2.48 bits per heavy atom. The van der Waals surface area contributed by atoms with Crippen LogP contribution in [-0.2, 0) is 19.3 Å². The average Bonchev–Trinajstić information content (AvgIpc) is 2.19. The van der Waals surface area contributed by atoms with E-state index in [1.165, 1.54) is 0 Å².